The molecule has 0 saturated carbocycles. The SMILES string of the molecule is CCN1CCN(CCCCNC(=NC)N(C)Cc2ccc(Br)cc2)CC1. The van der Waals surface area contributed by atoms with Crippen LogP contribution >= 0.6 is 15.9 Å². The highest BCUT2D eigenvalue weighted by atomic mass is 79.9. The topological polar surface area (TPSA) is 34.1 Å². The second-order valence-corrected chi connectivity index (χ2v) is 7.86. The van der Waals surface area contributed by atoms with E-state index in [1.165, 1.54) is 57.7 Å². The Bertz CT molecular complexity index is 538. The van der Waals surface area contributed by atoms with Crippen molar-refractivity contribution in [3.63, 3.8) is 0 Å². The standard InChI is InChI=1S/C20H34BrN5/c1-4-25-13-15-26(16-14-25)12-6-5-11-23-20(22-2)24(3)17-18-7-9-19(21)10-8-18/h7-10H,4-6,11-17H2,1-3H3,(H,22,23). The number of unbranched alkanes of at least 4 members (excludes halogenated alkanes) is 1. The van der Waals surface area contributed by atoms with Gasteiger partial charge in [-0.2, -0.15) is 0 Å². The summed E-state index contributed by atoms with van der Waals surface area (Å²) in [4.78, 5) is 11.7. The number of halogens is 1. The largest absolute Gasteiger partial charge is 0.356 e. The van der Waals surface area contributed by atoms with Gasteiger partial charge in [0.05, 0.1) is 0 Å². The van der Waals surface area contributed by atoms with E-state index in [2.05, 4.69) is 79.2 Å². The van der Waals surface area contributed by atoms with Crippen LogP contribution in [0.3, 0.4) is 0 Å². The third-order valence-corrected chi connectivity index (χ3v) is 5.53. The summed E-state index contributed by atoms with van der Waals surface area (Å²) in [5, 5.41) is 3.49. The Balaban J connectivity index is 1.61. The van der Waals surface area contributed by atoms with Crippen LogP contribution in [0.25, 0.3) is 0 Å². The average Bonchev–Trinajstić information content (AvgIpc) is 2.67. The van der Waals surface area contributed by atoms with Crippen LogP contribution in [0.4, 0.5) is 0 Å². The summed E-state index contributed by atoms with van der Waals surface area (Å²) >= 11 is 3.48. The number of aliphatic imine (C=N–C) groups is 1. The lowest BCUT2D eigenvalue weighted by Gasteiger charge is -2.34. The summed E-state index contributed by atoms with van der Waals surface area (Å²) in [6, 6.07) is 8.46. The fourth-order valence-corrected chi connectivity index (χ4v) is 3.58. The molecule has 0 aliphatic carbocycles. The molecule has 1 fully saturated rings. The molecule has 2 rings (SSSR count). The molecule has 0 bridgehead atoms. The highest BCUT2D eigenvalue weighted by molar-refractivity contribution is 9.10. The second kappa shape index (κ2) is 11.6. The number of nitrogens with zero attached hydrogens (tertiary/aromatic N) is 4. The van der Waals surface area contributed by atoms with E-state index >= 15 is 0 Å². The van der Waals surface area contributed by atoms with Gasteiger partial charge in [-0.05, 0) is 43.6 Å². The lowest BCUT2D eigenvalue weighted by Crippen LogP contribution is -2.46. The van der Waals surface area contributed by atoms with E-state index in [-0.39, 0.29) is 0 Å². The van der Waals surface area contributed by atoms with Crippen LogP contribution < -0.4 is 5.32 Å². The first-order chi connectivity index (χ1) is 12.6. The maximum atomic E-state index is 4.41. The molecule has 1 aliphatic rings. The van der Waals surface area contributed by atoms with Gasteiger partial charge in [0.15, 0.2) is 5.96 Å². The summed E-state index contributed by atoms with van der Waals surface area (Å²) < 4.78 is 1.11. The van der Waals surface area contributed by atoms with Crippen molar-refractivity contribution >= 4 is 21.9 Å². The van der Waals surface area contributed by atoms with E-state index in [9.17, 15) is 0 Å². The van der Waals surface area contributed by atoms with Crippen molar-refractivity contribution in [2.45, 2.75) is 26.3 Å². The Morgan fingerprint density at radius 2 is 1.77 bits per heavy atom. The molecule has 146 valence electrons. The Hall–Kier alpha value is -1.11. The zero-order chi connectivity index (χ0) is 18.8. The lowest BCUT2D eigenvalue weighted by molar-refractivity contribution is 0.136. The smallest absolute Gasteiger partial charge is 0.193 e. The molecule has 0 unspecified atom stereocenters. The maximum absolute atomic E-state index is 4.41. The van der Waals surface area contributed by atoms with Crippen LogP contribution in [0.5, 0.6) is 0 Å². The number of likely N-dealkylation sites (N-methyl/N-ethyl adjacent to an activating group) is 1. The zero-order valence-corrected chi connectivity index (χ0v) is 18.1. The highest BCUT2D eigenvalue weighted by Gasteiger charge is 2.14. The van der Waals surface area contributed by atoms with E-state index in [0.717, 1.165) is 23.5 Å². The molecule has 1 saturated heterocycles. The van der Waals surface area contributed by atoms with Crippen molar-refractivity contribution in [2.24, 2.45) is 4.99 Å². The van der Waals surface area contributed by atoms with E-state index in [1.54, 1.807) is 0 Å². The summed E-state index contributed by atoms with van der Waals surface area (Å²) in [5.41, 5.74) is 1.28. The van der Waals surface area contributed by atoms with E-state index < -0.39 is 0 Å². The first-order valence-electron chi connectivity index (χ1n) is 9.73. The van der Waals surface area contributed by atoms with Gasteiger partial charge in [-0.3, -0.25) is 4.99 Å². The number of rotatable bonds is 8. The van der Waals surface area contributed by atoms with Gasteiger partial charge >= 0.3 is 0 Å². The zero-order valence-electron chi connectivity index (χ0n) is 16.5. The van der Waals surface area contributed by atoms with Crippen molar-refractivity contribution in [3.8, 4) is 0 Å². The highest BCUT2D eigenvalue weighted by Crippen LogP contribution is 2.11. The minimum absolute atomic E-state index is 0.856. The summed E-state index contributed by atoms with van der Waals surface area (Å²) in [6.45, 7) is 11.4. The monoisotopic (exact) mass is 423 g/mol. The normalized spacial score (nSPS) is 16.7. The average molecular weight is 424 g/mol. The first kappa shape index (κ1) is 21.2. The Kier molecular flexibility index (Phi) is 9.43. The fourth-order valence-electron chi connectivity index (χ4n) is 3.31. The molecule has 1 aromatic carbocycles. The van der Waals surface area contributed by atoms with Crippen molar-refractivity contribution in [3.05, 3.63) is 34.3 Å². The van der Waals surface area contributed by atoms with Crippen LogP contribution in [0.2, 0.25) is 0 Å². The molecule has 0 amide bonds. The third kappa shape index (κ3) is 7.25. The number of benzene rings is 1. The lowest BCUT2D eigenvalue weighted by atomic mass is 10.2. The molecule has 1 aliphatic heterocycles. The predicted octanol–water partition coefficient (Wildman–Crippen LogP) is 2.87. The molecule has 0 aromatic heterocycles. The molecule has 1 heterocycles. The quantitative estimate of drug-likeness (QED) is 0.395. The maximum Gasteiger partial charge on any atom is 0.193 e. The van der Waals surface area contributed by atoms with Gasteiger partial charge < -0.3 is 20.0 Å². The van der Waals surface area contributed by atoms with Gasteiger partial charge in [-0.25, -0.2) is 0 Å². The minimum atomic E-state index is 0.856. The van der Waals surface area contributed by atoms with E-state index in [1.807, 2.05) is 7.05 Å². The van der Waals surface area contributed by atoms with Gasteiger partial charge in [0.25, 0.3) is 0 Å². The van der Waals surface area contributed by atoms with Crippen LogP contribution in [0.1, 0.15) is 25.3 Å². The van der Waals surface area contributed by atoms with E-state index in [0.29, 0.717) is 0 Å². The summed E-state index contributed by atoms with van der Waals surface area (Å²) in [7, 11) is 3.94. The minimum Gasteiger partial charge on any atom is -0.356 e. The van der Waals surface area contributed by atoms with Crippen LogP contribution in [-0.2, 0) is 6.54 Å². The molecule has 0 radical (unpaired) electrons. The van der Waals surface area contributed by atoms with Gasteiger partial charge in [-0.1, -0.05) is 35.0 Å². The van der Waals surface area contributed by atoms with E-state index in [4.69, 9.17) is 0 Å². The van der Waals surface area contributed by atoms with Gasteiger partial charge in [0.2, 0.25) is 0 Å². The number of guanidine groups is 1. The van der Waals surface area contributed by atoms with Crippen LogP contribution in [0.15, 0.2) is 33.7 Å². The second-order valence-electron chi connectivity index (χ2n) is 6.94. The van der Waals surface area contributed by atoms with Crippen molar-refractivity contribution in [1.29, 1.82) is 0 Å². The van der Waals surface area contributed by atoms with Crippen molar-refractivity contribution < 1.29 is 0 Å². The molecule has 6 heteroatoms. The first-order valence-corrected chi connectivity index (χ1v) is 10.5. The Labute approximate surface area is 167 Å². The molecular formula is C20H34BrN5. The number of hydrogen-bond donors (Lipinski definition) is 1. The molecule has 0 atom stereocenters. The molecule has 1 N–H and O–H groups in total. The van der Waals surface area contributed by atoms with Crippen molar-refractivity contribution in [1.82, 2.24) is 20.0 Å². The van der Waals surface area contributed by atoms with Crippen LogP contribution in [-0.4, -0.2) is 80.6 Å². The molecular weight excluding hydrogens is 390 g/mol. The summed E-state index contributed by atoms with van der Waals surface area (Å²) in [5.74, 6) is 0.962. The predicted molar refractivity (Wildman–Crippen MR) is 115 cm³/mol. The Morgan fingerprint density at radius 1 is 1.12 bits per heavy atom. The Morgan fingerprint density at radius 3 is 2.38 bits per heavy atom. The molecule has 0 spiro atoms. The molecule has 26 heavy (non-hydrogen) atoms. The third-order valence-electron chi connectivity index (χ3n) is 5.00. The number of hydrogen-bond acceptors (Lipinski definition) is 3. The molecule has 5 nitrogen and oxygen atoms in total. The molecule has 1 aromatic rings. The van der Waals surface area contributed by atoms with Crippen molar-refractivity contribution in [2.75, 3.05) is 59.9 Å². The van der Waals surface area contributed by atoms with Crippen LogP contribution in [0, 0.1) is 0 Å². The number of nitrogens with one attached hydrogen (secondary N) is 1. The van der Waals surface area contributed by atoms with Gasteiger partial charge in [0, 0.05) is 57.8 Å². The van der Waals surface area contributed by atoms with Gasteiger partial charge in [0.1, 0.15) is 0 Å². The van der Waals surface area contributed by atoms with Gasteiger partial charge in [-0.15, -0.1) is 0 Å². The fraction of sp³-hybridized carbons (Fsp3) is 0.650. The number of piperazine rings is 1. The summed E-state index contributed by atoms with van der Waals surface area (Å²) in [6.07, 6.45) is 2.42.